The topological polar surface area (TPSA) is 109 Å². The zero-order valence-electron chi connectivity index (χ0n) is 9.64. The molecule has 3 rings (SSSR count). The number of amides is 2. The molecule has 0 unspecified atom stereocenters. The number of nitrogens with zero attached hydrogens (tertiary/aromatic N) is 2. The minimum atomic E-state index is -0.416. The highest BCUT2D eigenvalue weighted by atomic mass is 16.5. The number of rotatable bonds is 2. The third kappa shape index (κ3) is 2.23. The van der Waals surface area contributed by atoms with Crippen LogP contribution in [0, 0.1) is 0 Å². The Bertz CT molecular complexity index is 638. The number of ether oxygens (including phenoxy) is 1. The van der Waals surface area contributed by atoms with Gasteiger partial charge < -0.3 is 15.4 Å². The molecule has 2 amide bonds. The van der Waals surface area contributed by atoms with E-state index in [1.165, 1.54) is 6.33 Å². The zero-order valence-corrected chi connectivity index (χ0v) is 9.64. The van der Waals surface area contributed by atoms with Crippen molar-refractivity contribution in [3.05, 3.63) is 30.4 Å². The first-order valence-corrected chi connectivity index (χ1v) is 5.46. The van der Waals surface area contributed by atoms with Gasteiger partial charge in [0.15, 0.2) is 6.61 Å². The van der Waals surface area contributed by atoms with E-state index >= 15 is 0 Å². The number of carbonyl (C=O) groups excluding carboxylic acids is 2. The van der Waals surface area contributed by atoms with Crippen molar-refractivity contribution in [1.29, 1.82) is 0 Å². The van der Waals surface area contributed by atoms with Gasteiger partial charge in [-0.15, -0.1) is 0 Å². The normalized spacial score (nSPS) is 13.2. The predicted octanol–water partition coefficient (Wildman–Crippen LogP) is 0.388. The monoisotopic (exact) mass is 259 g/mol. The summed E-state index contributed by atoms with van der Waals surface area (Å²) in [5.41, 5.74) is 1.04. The molecule has 8 heteroatoms. The third-order valence-electron chi connectivity index (χ3n) is 2.50. The Hall–Kier alpha value is -2.90. The molecule has 0 fully saturated rings. The molecule has 3 N–H and O–H groups in total. The SMILES string of the molecule is O=C1COc2ccc(NC(=O)c3ncn[nH]3)cc2N1. The van der Waals surface area contributed by atoms with E-state index in [1.54, 1.807) is 18.2 Å². The summed E-state index contributed by atoms with van der Waals surface area (Å²) >= 11 is 0. The van der Waals surface area contributed by atoms with Crippen molar-refractivity contribution in [2.45, 2.75) is 0 Å². The van der Waals surface area contributed by atoms with E-state index in [9.17, 15) is 9.59 Å². The number of fused-ring (bicyclic) bond motifs is 1. The average molecular weight is 259 g/mol. The molecule has 0 radical (unpaired) electrons. The second kappa shape index (κ2) is 4.41. The minimum absolute atomic E-state index is 0.00320. The van der Waals surface area contributed by atoms with Gasteiger partial charge in [0.2, 0.25) is 5.82 Å². The summed E-state index contributed by atoms with van der Waals surface area (Å²) in [6.45, 7) is -0.00320. The molecular formula is C11H9N5O3. The second-order valence-corrected chi connectivity index (χ2v) is 3.84. The minimum Gasteiger partial charge on any atom is -0.482 e. The van der Waals surface area contributed by atoms with Gasteiger partial charge in [0.1, 0.15) is 12.1 Å². The molecule has 0 spiro atoms. The van der Waals surface area contributed by atoms with Crippen LogP contribution in [0.25, 0.3) is 0 Å². The number of anilines is 2. The lowest BCUT2D eigenvalue weighted by Gasteiger charge is -2.18. The molecule has 1 aromatic carbocycles. The molecule has 0 bridgehead atoms. The van der Waals surface area contributed by atoms with Crippen molar-refractivity contribution in [2.24, 2.45) is 0 Å². The molecule has 1 aliphatic heterocycles. The number of hydrogen-bond donors (Lipinski definition) is 3. The van der Waals surface area contributed by atoms with Gasteiger partial charge in [-0.1, -0.05) is 0 Å². The van der Waals surface area contributed by atoms with Crippen LogP contribution >= 0.6 is 0 Å². The van der Waals surface area contributed by atoms with E-state index in [2.05, 4.69) is 25.8 Å². The molecule has 8 nitrogen and oxygen atoms in total. The molecule has 1 aromatic heterocycles. The van der Waals surface area contributed by atoms with Gasteiger partial charge in [0, 0.05) is 5.69 Å². The summed E-state index contributed by atoms with van der Waals surface area (Å²) in [4.78, 5) is 26.7. The van der Waals surface area contributed by atoms with Gasteiger partial charge in [-0.2, -0.15) is 5.10 Å². The first-order valence-electron chi connectivity index (χ1n) is 5.46. The molecule has 19 heavy (non-hydrogen) atoms. The van der Waals surface area contributed by atoms with E-state index in [4.69, 9.17) is 4.74 Å². The molecule has 96 valence electrons. The fourth-order valence-electron chi connectivity index (χ4n) is 1.67. The maximum absolute atomic E-state index is 11.7. The van der Waals surface area contributed by atoms with Crippen LogP contribution in [0.5, 0.6) is 5.75 Å². The summed E-state index contributed by atoms with van der Waals surface area (Å²) in [6, 6.07) is 4.95. The fourth-order valence-corrected chi connectivity index (χ4v) is 1.67. The van der Waals surface area contributed by atoms with Crippen LogP contribution in [0.3, 0.4) is 0 Å². The molecule has 2 heterocycles. The molecule has 0 saturated carbocycles. The number of H-pyrrole nitrogens is 1. The number of hydrogen-bond acceptors (Lipinski definition) is 5. The Labute approximate surface area is 107 Å². The lowest BCUT2D eigenvalue weighted by molar-refractivity contribution is -0.118. The van der Waals surface area contributed by atoms with Gasteiger partial charge in [0.05, 0.1) is 5.69 Å². The Morgan fingerprint density at radius 1 is 1.42 bits per heavy atom. The molecule has 0 atom stereocenters. The van der Waals surface area contributed by atoms with E-state index in [-0.39, 0.29) is 18.3 Å². The zero-order chi connectivity index (χ0) is 13.2. The van der Waals surface area contributed by atoms with Gasteiger partial charge in [0.25, 0.3) is 11.8 Å². The van der Waals surface area contributed by atoms with Crippen molar-refractivity contribution in [1.82, 2.24) is 15.2 Å². The van der Waals surface area contributed by atoms with Crippen LogP contribution in [0.4, 0.5) is 11.4 Å². The Morgan fingerprint density at radius 2 is 2.32 bits per heavy atom. The summed E-state index contributed by atoms with van der Waals surface area (Å²) in [5.74, 6) is 0.0296. The van der Waals surface area contributed by atoms with Crippen molar-refractivity contribution >= 4 is 23.2 Å². The number of aromatic amines is 1. The van der Waals surface area contributed by atoms with Crippen LogP contribution < -0.4 is 15.4 Å². The van der Waals surface area contributed by atoms with E-state index in [0.717, 1.165) is 0 Å². The van der Waals surface area contributed by atoms with Gasteiger partial charge in [-0.25, -0.2) is 4.98 Å². The van der Waals surface area contributed by atoms with E-state index in [1.807, 2.05) is 0 Å². The number of carbonyl (C=O) groups is 2. The summed E-state index contributed by atoms with van der Waals surface area (Å²) in [6.07, 6.45) is 1.25. The van der Waals surface area contributed by atoms with Crippen LogP contribution in [0.2, 0.25) is 0 Å². The molecule has 0 saturated heterocycles. The lowest BCUT2D eigenvalue weighted by Crippen LogP contribution is -2.25. The first-order chi connectivity index (χ1) is 9.22. The van der Waals surface area contributed by atoms with Crippen LogP contribution in [0.15, 0.2) is 24.5 Å². The quantitative estimate of drug-likeness (QED) is 0.722. The van der Waals surface area contributed by atoms with E-state index < -0.39 is 5.91 Å². The maximum Gasteiger partial charge on any atom is 0.292 e. The summed E-state index contributed by atoms with van der Waals surface area (Å²) in [7, 11) is 0. The van der Waals surface area contributed by atoms with Crippen LogP contribution in [-0.2, 0) is 4.79 Å². The Morgan fingerprint density at radius 3 is 3.11 bits per heavy atom. The maximum atomic E-state index is 11.7. The summed E-state index contributed by atoms with van der Waals surface area (Å²) < 4.78 is 5.21. The predicted molar refractivity (Wildman–Crippen MR) is 64.9 cm³/mol. The fraction of sp³-hybridized carbons (Fsp3) is 0.0909. The first kappa shape index (κ1) is 11.2. The molecule has 1 aliphatic rings. The summed E-state index contributed by atoms with van der Waals surface area (Å²) in [5, 5.41) is 11.3. The largest absolute Gasteiger partial charge is 0.482 e. The van der Waals surface area contributed by atoms with Crippen molar-refractivity contribution in [2.75, 3.05) is 17.2 Å². The number of benzene rings is 1. The number of nitrogens with one attached hydrogen (secondary N) is 3. The Kier molecular flexibility index (Phi) is 2.60. The third-order valence-corrected chi connectivity index (χ3v) is 2.50. The van der Waals surface area contributed by atoms with Crippen LogP contribution in [0.1, 0.15) is 10.6 Å². The van der Waals surface area contributed by atoms with E-state index in [0.29, 0.717) is 17.1 Å². The Balaban J connectivity index is 1.81. The molecule has 0 aliphatic carbocycles. The van der Waals surface area contributed by atoms with Gasteiger partial charge >= 0.3 is 0 Å². The molecular weight excluding hydrogens is 250 g/mol. The average Bonchev–Trinajstić information content (AvgIpc) is 2.92. The molecule has 2 aromatic rings. The van der Waals surface area contributed by atoms with Gasteiger partial charge in [-0.05, 0) is 18.2 Å². The standard InChI is InChI=1S/C11H9N5O3/c17-9-4-19-8-2-1-6(3-7(8)15-9)14-11(18)10-12-5-13-16-10/h1-3,5H,4H2,(H,14,18)(H,15,17)(H,12,13,16). The van der Waals surface area contributed by atoms with Crippen LogP contribution in [-0.4, -0.2) is 33.6 Å². The smallest absolute Gasteiger partial charge is 0.292 e. The highest BCUT2D eigenvalue weighted by molar-refractivity contribution is 6.02. The second-order valence-electron chi connectivity index (χ2n) is 3.84. The van der Waals surface area contributed by atoms with Crippen molar-refractivity contribution in [3.63, 3.8) is 0 Å². The van der Waals surface area contributed by atoms with Crippen molar-refractivity contribution in [3.8, 4) is 5.75 Å². The highest BCUT2D eigenvalue weighted by Gasteiger charge is 2.17. The highest BCUT2D eigenvalue weighted by Crippen LogP contribution is 2.30. The van der Waals surface area contributed by atoms with Gasteiger partial charge in [-0.3, -0.25) is 14.7 Å². The lowest BCUT2D eigenvalue weighted by atomic mass is 10.2. The number of aromatic nitrogens is 3. The van der Waals surface area contributed by atoms with Crippen molar-refractivity contribution < 1.29 is 14.3 Å².